The highest BCUT2D eigenvalue weighted by Crippen LogP contribution is 2.42. The van der Waals surface area contributed by atoms with E-state index in [1.807, 2.05) is 18.2 Å². The Balaban J connectivity index is 1.51. The average molecular weight is 384 g/mol. The lowest BCUT2D eigenvalue weighted by molar-refractivity contribution is -0.137. The summed E-state index contributed by atoms with van der Waals surface area (Å²) in [4.78, 5) is 16.9. The largest absolute Gasteiger partial charge is 0.481 e. The third kappa shape index (κ3) is 4.22. The Morgan fingerprint density at radius 1 is 1.37 bits per heavy atom. The Morgan fingerprint density at radius 2 is 2.15 bits per heavy atom. The zero-order valence-corrected chi connectivity index (χ0v) is 16.3. The summed E-state index contributed by atoms with van der Waals surface area (Å²) in [5, 5.41) is 15.0. The molecule has 1 aliphatic rings. The smallest absolute Gasteiger partial charge is 0.303 e. The summed E-state index contributed by atoms with van der Waals surface area (Å²) in [6.45, 7) is 2.78. The van der Waals surface area contributed by atoms with Gasteiger partial charge >= 0.3 is 5.97 Å². The number of hydrogen-bond donors (Lipinski definition) is 2. The van der Waals surface area contributed by atoms with Crippen molar-refractivity contribution < 1.29 is 9.90 Å². The van der Waals surface area contributed by atoms with E-state index in [1.54, 1.807) is 11.3 Å². The summed E-state index contributed by atoms with van der Waals surface area (Å²) < 4.78 is 2.32. The van der Waals surface area contributed by atoms with Crippen LogP contribution in [0.15, 0.2) is 35.7 Å². The number of aryl methyl sites for hydroxylation is 1. The van der Waals surface area contributed by atoms with Crippen molar-refractivity contribution in [3.05, 3.63) is 58.4 Å². The van der Waals surface area contributed by atoms with Gasteiger partial charge in [0.2, 0.25) is 0 Å². The van der Waals surface area contributed by atoms with Crippen molar-refractivity contribution in [2.24, 2.45) is 0 Å². The molecule has 1 saturated carbocycles. The van der Waals surface area contributed by atoms with E-state index in [1.165, 1.54) is 29.8 Å². The topological polar surface area (TPSA) is 66.6 Å². The molecule has 0 aliphatic heterocycles. The fourth-order valence-electron chi connectivity index (χ4n) is 3.62. The molecule has 2 heterocycles. The number of aliphatic carboxylic acids is 1. The number of rotatable bonds is 9. The molecule has 1 atom stereocenters. The number of aromatic nitrogens is 2. The van der Waals surface area contributed by atoms with E-state index in [0.29, 0.717) is 18.9 Å². The highest BCUT2D eigenvalue weighted by atomic mass is 32.1. The van der Waals surface area contributed by atoms with Crippen molar-refractivity contribution in [1.29, 1.82) is 0 Å². The normalized spacial score (nSPS) is 15.3. The van der Waals surface area contributed by atoms with E-state index in [9.17, 15) is 4.79 Å². The summed E-state index contributed by atoms with van der Waals surface area (Å²) in [5.41, 5.74) is 4.89. The fourth-order valence-corrected chi connectivity index (χ4v) is 4.66. The van der Waals surface area contributed by atoms with Crippen LogP contribution in [-0.4, -0.2) is 26.5 Å². The van der Waals surface area contributed by atoms with E-state index in [4.69, 9.17) is 10.1 Å². The van der Waals surface area contributed by atoms with Crippen LogP contribution in [0, 0.1) is 6.92 Å². The molecule has 0 bridgehead atoms. The number of benzene rings is 1. The van der Waals surface area contributed by atoms with E-state index < -0.39 is 5.97 Å². The molecule has 2 aromatic heterocycles. The standard InChI is InChI=1S/C21H25N3O2S/c1-14-18(24-19(16-7-8-16)13-27-21(24)23-14)12-22-17(9-10-20(25)26)11-15-5-3-2-4-6-15/h2-6,13,16-17,22H,7-12H2,1H3,(H,25,26). The number of hydrogen-bond acceptors (Lipinski definition) is 4. The first-order valence-electron chi connectivity index (χ1n) is 9.56. The lowest BCUT2D eigenvalue weighted by Crippen LogP contribution is -2.32. The summed E-state index contributed by atoms with van der Waals surface area (Å²) in [6, 6.07) is 10.4. The molecule has 1 fully saturated rings. The number of carboxylic acids is 1. The van der Waals surface area contributed by atoms with Crippen molar-refractivity contribution in [3.63, 3.8) is 0 Å². The molecule has 6 heteroatoms. The van der Waals surface area contributed by atoms with Crippen LogP contribution >= 0.6 is 11.3 Å². The fraction of sp³-hybridized carbons (Fsp3) is 0.429. The van der Waals surface area contributed by atoms with Gasteiger partial charge in [-0.2, -0.15) is 0 Å². The van der Waals surface area contributed by atoms with Crippen LogP contribution in [0.2, 0.25) is 0 Å². The molecule has 27 heavy (non-hydrogen) atoms. The average Bonchev–Trinajstić information content (AvgIpc) is 3.34. The summed E-state index contributed by atoms with van der Waals surface area (Å²) in [6.07, 6.45) is 4.16. The predicted molar refractivity (Wildman–Crippen MR) is 107 cm³/mol. The molecule has 0 spiro atoms. The molecule has 0 amide bonds. The van der Waals surface area contributed by atoms with Crippen LogP contribution in [0.3, 0.4) is 0 Å². The van der Waals surface area contributed by atoms with Gasteiger partial charge in [-0.25, -0.2) is 4.98 Å². The first kappa shape index (κ1) is 18.2. The van der Waals surface area contributed by atoms with Gasteiger partial charge in [0.1, 0.15) is 0 Å². The third-order valence-corrected chi connectivity index (χ3v) is 6.11. The van der Waals surface area contributed by atoms with Crippen molar-refractivity contribution in [2.75, 3.05) is 0 Å². The van der Waals surface area contributed by atoms with Crippen LogP contribution in [0.4, 0.5) is 0 Å². The number of imidazole rings is 1. The maximum atomic E-state index is 11.1. The Hall–Kier alpha value is -2.18. The highest BCUT2D eigenvalue weighted by molar-refractivity contribution is 7.15. The Bertz CT molecular complexity index is 928. The van der Waals surface area contributed by atoms with Gasteiger partial charge < -0.3 is 10.4 Å². The number of nitrogens with one attached hydrogen (secondary N) is 1. The van der Waals surface area contributed by atoms with E-state index in [0.717, 1.165) is 17.1 Å². The van der Waals surface area contributed by atoms with Crippen LogP contribution in [-0.2, 0) is 17.8 Å². The van der Waals surface area contributed by atoms with Crippen LogP contribution < -0.4 is 5.32 Å². The van der Waals surface area contributed by atoms with E-state index in [2.05, 4.69) is 34.2 Å². The number of fused-ring (bicyclic) bond motifs is 1. The van der Waals surface area contributed by atoms with E-state index >= 15 is 0 Å². The third-order valence-electron chi connectivity index (χ3n) is 5.27. The zero-order chi connectivity index (χ0) is 18.8. The van der Waals surface area contributed by atoms with Gasteiger partial charge in [-0.3, -0.25) is 9.20 Å². The van der Waals surface area contributed by atoms with Crippen molar-refractivity contribution in [1.82, 2.24) is 14.7 Å². The zero-order valence-electron chi connectivity index (χ0n) is 15.5. The maximum Gasteiger partial charge on any atom is 0.303 e. The first-order chi connectivity index (χ1) is 13.1. The molecule has 142 valence electrons. The summed E-state index contributed by atoms with van der Waals surface area (Å²) >= 11 is 1.71. The maximum absolute atomic E-state index is 11.1. The minimum Gasteiger partial charge on any atom is -0.481 e. The second kappa shape index (κ2) is 7.82. The number of carboxylic acid groups (broad SMARTS) is 1. The van der Waals surface area contributed by atoms with Crippen molar-refractivity contribution >= 4 is 22.3 Å². The molecule has 1 aliphatic carbocycles. The molecule has 5 nitrogen and oxygen atoms in total. The predicted octanol–water partition coefficient (Wildman–Crippen LogP) is 4.15. The van der Waals surface area contributed by atoms with Crippen molar-refractivity contribution in [3.8, 4) is 0 Å². The quantitative estimate of drug-likeness (QED) is 0.583. The van der Waals surface area contributed by atoms with Crippen molar-refractivity contribution in [2.45, 2.75) is 57.5 Å². The van der Waals surface area contributed by atoms with Gasteiger partial charge in [0, 0.05) is 36.0 Å². The summed E-state index contributed by atoms with van der Waals surface area (Å²) in [7, 11) is 0. The van der Waals surface area contributed by atoms with Gasteiger partial charge in [0.15, 0.2) is 4.96 Å². The number of carbonyl (C=O) groups is 1. The van der Waals surface area contributed by atoms with E-state index in [-0.39, 0.29) is 12.5 Å². The number of nitrogens with zero attached hydrogens (tertiary/aromatic N) is 2. The van der Waals surface area contributed by atoms with Gasteiger partial charge in [-0.05, 0) is 38.2 Å². The second-order valence-electron chi connectivity index (χ2n) is 7.40. The summed E-state index contributed by atoms with van der Waals surface area (Å²) in [5.74, 6) is -0.0649. The lowest BCUT2D eigenvalue weighted by Gasteiger charge is -2.19. The Labute approximate surface area is 163 Å². The lowest BCUT2D eigenvalue weighted by atomic mass is 10.0. The van der Waals surface area contributed by atoms with Gasteiger partial charge in [0.25, 0.3) is 0 Å². The van der Waals surface area contributed by atoms with Gasteiger partial charge in [0.05, 0.1) is 11.4 Å². The van der Waals surface area contributed by atoms with Crippen LogP contribution in [0.1, 0.15) is 54.2 Å². The first-order valence-corrected chi connectivity index (χ1v) is 10.4. The Morgan fingerprint density at radius 3 is 2.85 bits per heavy atom. The monoisotopic (exact) mass is 383 g/mol. The van der Waals surface area contributed by atoms with Crippen LogP contribution in [0.5, 0.6) is 0 Å². The molecule has 1 aromatic carbocycles. The minimum absolute atomic E-state index is 0.122. The molecule has 3 aromatic rings. The minimum atomic E-state index is -0.744. The Kier molecular flexibility index (Phi) is 5.27. The molecule has 0 saturated heterocycles. The highest BCUT2D eigenvalue weighted by Gasteiger charge is 2.28. The van der Waals surface area contributed by atoms with Crippen LogP contribution in [0.25, 0.3) is 4.96 Å². The number of thiazole rings is 1. The molecular weight excluding hydrogens is 358 g/mol. The SMILES string of the molecule is Cc1nc2scc(C3CC3)n2c1CNC(CCC(=O)O)Cc1ccccc1. The van der Waals surface area contributed by atoms with Gasteiger partial charge in [-0.15, -0.1) is 11.3 Å². The van der Waals surface area contributed by atoms with Gasteiger partial charge in [-0.1, -0.05) is 30.3 Å². The molecule has 4 rings (SSSR count). The second-order valence-corrected chi connectivity index (χ2v) is 8.23. The molecule has 1 unspecified atom stereocenters. The molecular formula is C21H25N3O2S. The molecule has 2 N–H and O–H groups in total. The molecule has 0 radical (unpaired) electrons.